The summed E-state index contributed by atoms with van der Waals surface area (Å²) in [6.45, 7) is 1.58. The van der Waals surface area contributed by atoms with Gasteiger partial charge in [0.05, 0.1) is 12.0 Å². The molecule has 0 unspecified atom stereocenters. The fourth-order valence-corrected chi connectivity index (χ4v) is 4.11. The van der Waals surface area contributed by atoms with Crippen molar-refractivity contribution in [3.8, 4) is 11.5 Å². The van der Waals surface area contributed by atoms with Crippen LogP contribution in [-0.4, -0.2) is 38.2 Å². The lowest BCUT2D eigenvalue weighted by molar-refractivity contribution is 0.398. The number of phenolic OH excluding ortho intramolecular Hbond substituents is 1. The Bertz CT molecular complexity index is 1400. The van der Waals surface area contributed by atoms with Gasteiger partial charge in [0.1, 0.15) is 22.0 Å². The predicted octanol–water partition coefficient (Wildman–Crippen LogP) is 3.77. The van der Waals surface area contributed by atoms with E-state index in [1.54, 1.807) is 6.92 Å². The minimum absolute atomic E-state index is 0.0175. The molecular formula is C18H16N2O8S2. The van der Waals surface area contributed by atoms with Crippen LogP contribution < -0.4 is 4.74 Å². The van der Waals surface area contributed by atoms with Gasteiger partial charge in [0, 0.05) is 5.39 Å². The summed E-state index contributed by atoms with van der Waals surface area (Å²) in [6, 6.07) is 9.05. The zero-order valence-electron chi connectivity index (χ0n) is 15.6. The van der Waals surface area contributed by atoms with Crippen molar-refractivity contribution in [2.24, 2.45) is 10.2 Å². The Morgan fingerprint density at radius 3 is 2.20 bits per heavy atom. The molecular weight excluding hydrogens is 436 g/mol. The van der Waals surface area contributed by atoms with Gasteiger partial charge >= 0.3 is 0 Å². The highest BCUT2D eigenvalue weighted by Gasteiger charge is 2.21. The number of hydrogen-bond acceptors (Lipinski definition) is 8. The van der Waals surface area contributed by atoms with E-state index in [1.165, 1.54) is 43.5 Å². The molecule has 3 N–H and O–H groups in total. The molecule has 0 bridgehead atoms. The molecule has 0 aliphatic carbocycles. The Hall–Kier alpha value is -3.06. The molecule has 0 fully saturated rings. The number of ether oxygens (including phenoxy) is 1. The number of azo groups is 1. The molecule has 3 aromatic rings. The summed E-state index contributed by atoms with van der Waals surface area (Å²) >= 11 is 0. The molecule has 0 amide bonds. The van der Waals surface area contributed by atoms with E-state index in [9.17, 15) is 31.0 Å². The Labute approximate surface area is 172 Å². The van der Waals surface area contributed by atoms with Crippen LogP contribution in [0.5, 0.6) is 11.5 Å². The van der Waals surface area contributed by atoms with Crippen molar-refractivity contribution in [2.75, 3.05) is 7.11 Å². The lowest BCUT2D eigenvalue weighted by Crippen LogP contribution is -2.02. The maximum Gasteiger partial charge on any atom is 0.298 e. The van der Waals surface area contributed by atoms with Gasteiger partial charge in [-0.05, 0) is 48.2 Å². The van der Waals surface area contributed by atoms with Gasteiger partial charge in [0.15, 0.2) is 5.75 Å². The molecule has 0 saturated heterocycles. The van der Waals surface area contributed by atoms with Crippen LogP contribution in [0.15, 0.2) is 62.5 Å². The van der Waals surface area contributed by atoms with Gasteiger partial charge < -0.3 is 9.84 Å². The predicted molar refractivity (Wildman–Crippen MR) is 107 cm³/mol. The van der Waals surface area contributed by atoms with Crippen molar-refractivity contribution in [1.29, 1.82) is 0 Å². The van der Waals surface area contributed by atoms with Crippen molar-refractivity contribution in [1.82, 2.24) is 0 Å². The first-order valence-electron chi connectivity index (χ1n) is 8.23. The third kappa shape index (κ3) is 4.26. The van der Waals surface area contributed by atoms with Crippen LogP contribution in [-0.2, 0) is 20.2 Å². The third-order valence-corrected chi connectivity index (χ3v) is 5.87. The minimum Gasteiger partial charge on any atom is -0.506 e. The molecule has 0 atom stereocenters. The maximum atomic E-state index is 11.6. The lowest BCUT2D eigenvalue weighted by atomic mass is 10.1. The maximum absolute atomic E-state index is 11.6. The number of hydrogen-bond donors (Lipinski definition) is 3. The number of aromatic hydroxyl groups is 1. The second kappa shape index (κ2) is 7.65. The molecule has 0 aromatic heterocycles. The fraction of sp³-hybridized carbons (Fsp3) is 0.111. The van der Waals surface area contributed by atoms with Gasteiger partial charge in [-0.25, -0.2) is 0 Å². The third-order valence-electron chi connectivity index (χ3n) is 4.16. The summed E-state index contributed by atoms with van der Waals surface area (Å²) in [4.78, 5) is -0.819. The fourth-order valence-electron chi connectivity index (χ4n) is 2.84. The Balaban J connectivity index is 2.20. The highest BCUT2D eigenvalue weighted by Crippen LogP contribution is 2.40. The van der Waals surface area contributed by atoms with E-state index < -0.39 is 25.1 Å². The van der Waals surface area contributed by atoms with Crippen molar-refractivity contribution < 1.29 is 35.8 Å². The normalized spacial score (nSPS) is 12.5. The topological polar surface area (TPSA) is 163 Å². The summed E-state index contributed by atoms with van der Waals surface area (Å²) in [5.41, 5.74) is 0.416. The zero-order chi connectivity index (χ0) is 22.3. The lowest BCUT2D eigenvalue weighted by Gasteiger charge is -2.10. The van der Waals surface area contributed by atoms with E-state index in [1.807, 2.05) is 0 Å². The van der Waals surface area contributed by atoms with Crippen molar-refractivity contribution in [2.45, 2.75) is 16.7 Å². The van der Waals surface area contributed by atoms with Gasteiger partial charge in [0.25, 0.3) is 20.2 Å². The Morgan fingerprint density at radius 1 is 0.900 bits per heavy atom. The van der Waals surface area contributed by atoms with Gasteiger partial charge in [-0.2, -0.15) is 16.8 Å². The molecule has 0 saturated carbocycles. The van der Waals surface area contributed by atoms with Crippen molar-refractivity contribution >= 4 is 42.4 Å². The van der Waals surface area contributed by atoms with E-state index in [2.05, 4.69) is 10.2 Å². The van der Waals surface area contributed by atoms with Crippen molar-refractivity contribution in [3.05, 3.63) is 48.0 Å². The van der Waals surface area contributed by atoms with Crippen LogP contribution in [0, 0.1) is 6.92 Å². The number of rotatable bonds is 5. The molecule has 3 rings (SSSR count). The number of nitrogens with zero attached hydrogens (tertiary/aromatic N) is 2. The second-order valence-electron chi connectivity index (χ2n) is 6.28. The Morgan fingerprint density at radius 2 is 1.60 bits per heavy atom. The van der Waals surface area contributed by atoms with E-state index in [4.69, 9.17) is 4.74 Å². The summed E-state index contributed by atoms with van der Waals surface area (Å²) in [5, 5.41) is 18.8. The average Bonchev–Trinajstić information content (AvgIpc) is 2.65. The average molecular weight is 452 g/mol. The van der Waals surface area contributed by atoms with Crippen LogP contribution in [0.25, 0.3) is 10.8 Å². The molecule has 0 aliphatic heterocycles. The first-order chi connectivity index (χ1) is 13.9. The standard InChI is InChI=1S/C18H16N2O8S2/c1-10-7-14(18(28-2)16(8-10)30(25,26)27)19-20-17-13-5-4-12(29(22,23)24)9-11(13)3-6-15(17)21/h3-9,21H,1-2H3,(H,22,23,24)(H,25,26,27). The monoisotopic (exact) mass is 452 g/mol. The molecule has 3 aromatic carbocycles. The van der Waals surface area contributed by atoms with Gasteiger partial charge in [0.2, 0.25) is 0 Å². The first-order valence-corrected chi connectivity index (χ1v) is 11.1. The Kier molecular flexibility index (Phi) is 5.52. The van der Waals surface area contributed by atoms with E-state index >= 15 is 0 Å². The van der Waals surface area contributed by atoms with Crippen LogP contribution in [0.3, 0.4) is 0 Å². The van der Waals surface area contributed by atoms with E-state index in [0.717, 1.165) is 6.07 Å². The van der Waals surface area contributed by atoms with Crippen LogP contribution in [0.4, 0.5) is 11.4 Å². The minimum atomic E-state index is -4.59. The van der Waals surface area contributed by atoms with E-state index in [-0.39, 0.29) is 27.8 Å². The smallest absolute Gasteiger partial charge is 0.298 e. The van der Waals surface area contributed by atoms with Crippen molar-refractivity contribution in [3.63, 3.8) is 0 Å². The SMILES string of the molecule is COc1c(N=Nc2c(O)ccc3cc(S(=O)(=O)O)ccc23)cc(C)cc1S(=O)(=O)O. The molecule has 12 heteroatoms. The molecule has 0 heterocycles. The highest BCUT2D eigenvalue weighted by molar-refractivity contribution is 7.86. The summed E-state index contributed by atoms with van der Waals surface area (Å²) in [5.74, 6) is -0.507. The quantitative estimate of drug-likeness (QED) is 0.389. The van der Waals surface area contributed by atoms with Gasteiger partial charge in [-0.15, -0.1) is 10.2 Å². The number of aryl methyl sites for hydroxylation is 1. The molecule has 0 radical (unpaired) electrons. The molecule has 10 nitrogen and oxygen atoms in total. The largest absolute Gasteiger partial charge is 0.506 e. The van der Waals surface area contributed by atoms with Crippen LogP contribution >= 0.6 is 0 Å². The number of fused-ring (bicyclic) bond motifs is 1. The summed E-state index contributed by atoms with van der Waals surface area (Å²) in [7, 11) is -7.81. The molecule has 0 aliphatic rings. The van der Waals surface area contributed by atoms with E-state index in [0.29, 0.717) is 16.3 Å². The highest BCUT2D eigenvalue weighted by atomic mass is 32.2. The molecule has 0 spiro atoms. The first kappa shape index (κ1) is 21.6. The van der Waals surface area contributed by atoms with Crippen LogP contribution in [0.1, 0.15) is 5.56 Å². The van der Waals surface area contributed by atoms with Crippen LogP contribution in [0.2, 0.25) is 0 Å². The van der Waals surface area contributed by atoms with Gasteiger partial charge in [-0.3, -0.25) is 9.11 Å². The number of phenols is 1. The number of benzene rings is 3. The zero-order valence-corrected chi connectivity index (χ0v) is 17.3. The molecule has 158 valence electrons. The van der Waals surface area contributed by atoms with Gasteiger partial charge in [-0.1, -0.05) is 12.1 Å². The summed E-state index contributed by atoms with van der Waals surface area (Å²) < 4.78 is 69.6. The second-order valence-corrected chi connectivity index (χ2v) is 9.09. The number of methoxy groups -OCH3 is 1. The molecule has 30 heavy (non-hydrogen) atoms. The summed E-state index contributed by atoms with van der Waals surface area (Å²) in [6.07, 6.45) is 0.